The van der Waals surface area contributed by atoms with Gasteiger partial charge in [-0.05, 0) is 61.2 Å². The summed E-state index contributed by atoms with van der Waals surface area (Å²) in [4.78, 5) is 2.94. The highest BCUT2D eigenvalue weighted by molar-refractivity contribution is 5.58. The quantitative estimate of drug-likeness (QED) is 0.372. The molecule has 6 nitrogen and oxygen atoms in total. The molecule has 0 radical (unpaired) electrons. The summed E-state index contributed by atoms with van der Waals surface area (Å²) in [7, 11) is 1.25. The van der Waals surface area contributed by atoms with E-state index in [9.17, 15) is 22.7 Å². The first-order chi connectivity index (χ1) is 18.6. The van der Waals surface area contributed by atoms with E-state index in [1.54, 1.807) is 11.8 Å². The number of halogens is 7. The fourth-order valence-electron chi connectivity index (χ4n) is 5.52. The highest BCUT2D eigenvalue weighted by Crippen LogP contribution is 2.49. The molecule has 0 spiro atoms. The SMILES string of the molecule is C[C@@H](c1cc2c(c(C(F)(F)F)c1)CN(c1cccc([C@@](C)(F)C(F)(F)c3nncn3C)c1)C2O)N1CC[C@H](F)C1. The molecule has 1 N–H and O–H groups in total. The van der Waals surface area contributed by atoms with E-state index in [1.165, 1.54) is 30.1 Å². The lowest BCUT2D eigenvalue weighted by Gasteiger charge is -2.31. The lowest BCUT2D eigenvalue weighted by Crippen LogP contribution is -2.39. The first kappa shape index (κ1) is 28.3. The average Bonchev–Trinajstić information content (AvgIpc) is 3.61. The predicted octanol–water partition coefficient (Wildman–Crippen LogP) is 5.93. The molecule has 4 atom stereocenters. The van der Waals surface area contributed by atoms with Crippen molar-refractivity contribution in [3.05, 3.63) is 76.4 Å². The van der Waals surface area contributed by atoms with Crippen molar-refractivity contribution in [2.45, 2.75) is 63.0 Å². The molecule has 3 heterocycles. The van der Waals surface area contributed by atoms with E-state index in [2.05, 4.69) is 10.2 Å². The minimum absolute atomic E-state index is 0.00509. The van der Waals surface area contributed by atoms with Gasteiger partial charge in [-0.25, -0.2) is 8.78 Å². The Balaban J connectivity index is 1.51. The summed E-state index contributed by atoms with van der Waals surface area (Å²) in [5.41, 5.74) is -4.50. The number of fused-ring (bicyclic) bond motifs is 1. The van der Waals surface area contributed by atoms with Gasteiger partial charge in [-0.1, -0.05) is 12.1 Å². The van der Waals surface area contributed by atoms with Gasteiger partial charge in [0.15, 0.2) is 6.23 Å². The van der Waals surface area contributed by atoms with E-state index in [4.69, 9.17) is 0 Å². The number of rotatable bonds is 6. The fourth-order valence-corrected chi connectivity index (χ4v) is 5.52. The van der Waals surface area contributed by atoms with Crippen molar-refractivity contribution in [2.75, 3.05) is 18.0 Å². The molecule has 0 saturated carbocycles. The zero-order chi connectivity index (χ0) is 29.2. The maximum atomic E-state index is 15.8. The third kappa shape index (κ3) is 4.62. The smallest absolute Gasteiger partial charge is 0.369 e. The number of alkyl halides is 7. The Bertz CT molecular complexity index is 1410. The largest absolute Gasteiger partial charge is 0.416 e. The minimum Gasteiger partial charge on any atom is -0.369 e. The van der Waals surface area contributed by atoms with Crippen molar-refractivity contribution in [2.24, 2.45) is 7.05 Å². The molecule has 1 unspecified atom stereocenters. The Morgan fingerprint density at radius 3 is 2.40 bits per heavy atom. The van der Waals surface area contributed by atoms with Crippen LogP contribution >= 0.6 is 0 Å². The molecular formula is C27H28F7N5O. The van der Waals surface area contributed by atoms with Crippen LogP contribution in [0.2, 0.25) is 0 Å². The summed E-state index contributed by atoms with van der Waals surface area (Å²) in [5, 5.41) is 17.9. The molecule has 2 aliphatic rings. The Labute approximate surface area is 226 Å². The highest BCUT2D eigenvalue weighted by atomic mass is 19.4. The summed E-state index contributed by atoms with van der Waals surface area (Å²) in [6.07, 6.45) is -6.07. The van der Waals surface area contributed by atoms with Crippen LogP contribution in [0.4, 0.5) is 36.4 Å². The molecule has 13 heteroatoms. The highest BCUT2D eigenvalue weighted by Gasteiger charge is 2.57. The van der Waals surface area contributed by atoms with Crippen LogP contribution in [0.25, 0.3) is 0 Å². The van der Waals surface area contributed by atoms with Crippen LogP contribution in [0.15, 0.2) is 42.7 Å². The lowest BCUT2D eigenvalue weighted by atomic mass is 9.90. The van der Waals surface area contributed by atoms with E-state index >= 15 is 13.2 Å². The molecule has 2 aliphatic heterocycles. The topological polar surface area (TPSA) is 57.4 Å². The monoisotopic (exact) mass is 571 g/mol. The van der Waals surface area contributed by atoms with Crippen LogP contribution in [0, 0.1) is 0 Å². The van der Waals surface area contributed by atoms with E-state index < -0.39 is 53.2 Å². The molecule has 2 aromatic carbocycles. The van der Waals surface area contributed by atoms with E-state index in [-0.39, 0.29) is 41.9 Å². The van der Waals surface area contributed by atoms with Gasteiger partial charge in [0.2, 0.25) is 11.5 Å². The number of benzene rings is 2. The van der Waals surface area contributed by atoms with Gasteiger partial charge in [-0.2, -0.15) is 22.0 Å². The van der Waals surface area contributed by atoms with Gasteiger partial charge in [0, 0.05) is 44.0 Å². The van der Waals surface area contributed by atoms with Crippen molar-refractivity contribution >= 4 is 5.69 Å². The fraction of sp³-hybridized carbons (Fsp3) is 0.481. The zero-order valence-electron chi connectivity index (χ0n) is 21.9. The minimum atomic E-state index is -4.75. The second-order valence-corrected chi connectivity index (χ2v) is 10.6. The molecule has 1 aromatic heterocycles. The Hall–Kier alpha value is -3.19. The molecule has 3 aromatic rings. The number of anilines is 1. The van der Waals surface area contributed by atoms with Crippen LogP contribution in [-0.2, 0) is 31.4 Å². The van der Waals surface area contributed by atoms with Gasteiger partial charge >= 0.3 is 12.1 Å². The standard InChI is InChI=1S/C27H28F7N5O/c1-15(38-8-7-18(28)12-38)16-9-20-21(22(10-16)27(32,33)34)13-39(23(20)40)19-6-4-5-17(11-19)25(2,29)26(30,31)24-36-35-14-37(24)3/h4-6,9-11,14-15,18,23,40H,7-8,12-13H2,1-3H3/t15-,18-,23?,25+/m0/s1. The molecule has 5 rings (SSSR count). The number of hydrogen-bond acceptors (Lipinski definition) is 5. The number of likely N-dealkylation sites (tertiary alicyclic amines) is 1. The molecule has 1 saturated heterocycles. The second kappa shape index (κ2) is 9.72. The van der Waals surface area contributed by atoms with Gasteiger partial charge in [-0.15, -0.1) is 10.2 Å². The molecule has 0 aliphatic carbocycles. The number of aryl methyl sites for hydroxylation is 1. The third-order valence-corrected chi connectivity index (χ3v) is 8.01. The Kier molecular flexibility index (Phi) is 6.89. The van der Waals surface area contributed by atoms with E-state index in [1.807, 2.05) is 0 Å². The van der Waals surface area contributed by atoms with Crippen molar-refractivity contribution < 1.29 is 35.8 Å². The molecule has 0 amide bonds. The summed E-state index contributed by atoms with van der Waals surface area (Å²) >= 11 is 0. The third-order valence-electron chi connectivity index (χ3n) is 8.01. The zero-order valence-corrected chi connectivity index (χ0v) is 21.9. The maximum absolute atomic E-state index is 15.8. The first-order valence-electron chi connectivity index (χ1n) is 12.7. The average molecular weight is 572 g/mol. The van der Waals surface area contributed by atoms with Crippen LogP contribution < -0.4 is 4.90 Å². The number of aromatic nitrogens is 3. The molecule has 0 bridgehead atoms. The first-order valence-corrected chi connectivity index (χ1v) is 12.7. The van der Waals surface area contributed by atoms with Gasteiger partial charge < -0.3 is 14.6 Å². The van der Waals surface area contributed by atoms with Gasteiger partial charge in [0.05, 0.1) is 5.56 Å². The summed E-state index contributed by atoms with van der Waals surface area (Å²) in [6.45, 7) is 2.47. The van der Waals surface area contributed by atoms with Crippen LogP contribution in [-0.4, -0.2) is 44.0 Å². The summed E-state index contributed by atoms with van der Waals surface area (Å²) in [5.74, 6) is -5.00. The predicted molar refractivity (Wildman–Crippen MR) is 132 cm³/mol. The van der Waals surface area contributed by atoms with E-state index in [0.29, 0.717) is 13.5 Å². The Morgan fingerprint density at radius 1 is 1.07 bits per heavy atom. The lowest BCUT2D eigenvalue weighted by molar-refractivity contribution is -0.149. The van der Waals surface area contributed by atoms with Crippen LogP contribution in [0.3, 0.4) is 0 Å². The second-order valence-electron chi connectivity index (χ2n) is 10.6. The molecule has 1 fully saturated rings. The number of hydrogen-bond donors (Lipinski definition) is 1. The molecular weight excluding hydrogens is 543 g/mol. The number of nitrogens with zero attached hydrogens (tertiary/aromatic N) is 5. The van der Waals surface area contributed by atoms with Gasteiger partial charge in [0.1, 0.15) is 12.5 Å². The Morgan fingerprint density at radius 2 is 1.80 bits per heavy atom. The maximum Gasteiger partial charge on any atom is 0.416 e. The molecule has 40 heavy (non-hydrogen) atoms. The van der Waals surface area contributed by atoms with Crippen LogP contribution in [0.1, 0.15) is 66.2 Å². The number of aliphatic hydroxyl groups is 1. The normalized spacial score (nSPS) is 22.4. The van der Waals surface area contributed by atoms with E-state index in [0.717, 1.165) is 29.1 Å². The molecule has 216 valence electrons. The van der Waals surface area contributed by atoms with Gasteiger partial charge in [-0.3, -0.25) is 4.90 Å². The van der Waals surface area contributed by atoms with Crippen molar-refractivity contribution in [1.82, 2.24) is 19.7 Å². The van der Waals surface area contributed by atoms with Crippen molar-refractivity contribution in [3.63, 3.8) is 0 Å². The van der Waals surface area contributed by atoms with Crippen molar-refractivity contribution in [1.29, 1.82) is 0 Å². The summed E-state index contributed by atoms with van der Waals surface area (Å²) in [6, 6.07) is 6.87. The van der Waals surface area contributed by atoms with Crippen LogP contribution in [0.5, 0.6) is 0 Å². The summed E-state index contributed by atoms with van der Waals surface area (Å²) < 4.78 is 104. The number of aliphatic hydroxyl groups excluding tert-OH is 1. The van der Waals surface area contributed by atoms with Crippen molar-refractivity contribution in [3.8, 4) is 0 Å². The van der Waals surface area contributed by atoms with Gasteiger partial charge in [0.25, 0.3) is 0 Å².